The summed E-state index contributed by atoms with van der Waals surface area (Å²) >= 11 is 1.75. The van der Waals surface area contributed by atoms with Crippen LogP contribution in [-0.4, -0.2) is 29.7 Å². The highest BCUT2D eigenvalue weighted by Gasteiger charge is 2.24. The van der Waals surface area contributed by atoms with E-state index in [2.05, 4.69) is 38.4 Å². The molecular formula is C16H15N3OS. The molecule has 1 saturated heterocycles. The van der Waals surface area contributed by atoms with Crippen molar-refractivity contribution in [2.75, 3.05) is 24.6 Å². The number of anilines is 1. The second kappa shape index (κ2) is 5.42. The third-order valence-electron chi connectivity index (χ3n) is 3.75. The van der Waals surface area contributed by atoms with Crippen LogP contribution in [0.5, 0.6) is 0 Å². The summed E-state index contributed by atoms with van der Waals surface area (Å²) in [5.41, 5.74) is 0.988. The Kier molecular flexibility index (Phi) is 3.29. The van der Waals surface area contributed by atoms with Crippen LogP contribution in [0.1, 0.15) is 11.0 Å². The van der Waals surface area contributed by atoms with Gasteiger partial charge in [0, 0.05) is 16.8 Å². The molecule has 0 amide bonds. The van der Waals surface area contributed by atoms with Gasteiger partial charge in [0.2, 0.25) is 0 Å². The highest BCUT2D eigenvalue weighted by molar-refractivity contribution is 7.10. The first-order valence-corrected chi connectivity index (χ1v) is 7.89. The molecule has 0 saturated carbocycles. The van der Waals surface area contributed by atoms with Crippen molar-refractivity contribution in [1.82, 2.24) is 9.97 Å². The standard InChI is InChI=1S/C16H15N3OS/c1-2-5-13-12(4-1)16(18-11-17-13)19-7-8-20-14(10-19)15-6-3-9-21-15/h1-6,9,11,14H,7-8,10H2. The Bertz CT molecular complexity index is 739. The molecule has 3 heterocycles. The number of para-hydroxylation sites is 1. The third kappa shape index (κ3) is 2.39. The maximum absolute atomic E-state index is 5.91. The molecule has 21 heavy (non-hydrogen) atoms. The van der Waals surface area contributed by atoms with E-state index in [1.807, 2.05) is 18.2 Å². The zero-order valence-electron chi connectivity index (χ0n) is 11.5. The smallest absolute Gasteiger partial charge is 0.140 e. The van der Waals surface area contributed by atoms with Gasteiger partial charge >= 0.3 is 0 Å². The summed E-state index contributed by atoms with van der Waals surface area (Å²) in [7, 11) is 0. The monoisotopic (exact) mass is 297 g/mol. The summed E-state index contributed by atoms with van der Waals surface area (Å²) in [5, 5.41) is 3.20. The average Bonchev–Trinajstić information content (AvgIpc) is 3.09. The fraction of sp³-hybridized carbons (Fsp3) is 0.250. The van der Waals surface area contributed by atoms with Crippen molar-refractivity contribution in [2.45, 2.75) is 6.10 Å². The second-order valence-electron chi connectivity index (χ2n) is 5.04. The lowest BCUT2D eigenvalue weighted by Gasteiger charge is -2.33. The van der Waals surface area contributed by atoms with Crippen molar-refractivity contribution >= 4 is 28.1 Å². The van der Waals surface area contributed by atoms with Crippen LogP contribution in [0.3, 0.4) is 0 Å². The van der Waals surface area contributed by atoms with Gasteiger partial charge < -0.3 is 9.64 Å². The molecule has 2 aromatic heterocycles. The number of aromatic nitrogens is 2. The van der Waals surface area contributed by atoms with Crippen molar-refractivity contribution in [2.24, 2.45) is 0 Å². The first-order chi connectivity index (χ1) is 10.4. The molecule has 4 nitrogen and oxygen atoms in total. The van der Waals surface area contributed by atoms with E-state index >= 15 is 0 Å². The number of rotatable bonds is 2. The quantitative estimate of drug-likeness (QED) is 0.727. The number of nitrogens with zero attached hydrogens (tertiary/aromatic N) is 3. The van der Waals surface area contributed by atoms with Gasteiger partial charge in [-0.05, 0) is 23.6 Å². The first kappa shape index (κ1) is 12.7. The summed E-state index contributed by atoms with van der Waals surface area (Å²) in [6, 6.07) is 12.4. The normalized spacial score (nSPS) is 19.0. The molecule has 1 unspecified atom stereocenters. The van der Waals surface area contributed by atoms with Crippen molar-refractivity contribution in [3.63, 3.8) is 0 Å². The zero-order valence-corrected chi connectivity index (χ0v) is 12.3. The average molecular weight is 297 g/mol. The van der Waals surface area contributed by atoms with Gasteiger partial charge in [0.1, 0.15) is 18.2 Å². The number of morpholine rings is 1. The lowest BCUT2D eigenvalue weighted by atomic mass is 10.2. The molecule has 0 radical (unpaired) electrons. The minimum absolute atomic E-state index is 0.132. The Morgan fingerprint density at radius 1 is 1.14 bits per heavy atom. The molecule has 1 fully saturated rings. The summed E-state index contributed by atoms with van der Waals surface area (Å²) in [4.78, 5) is 12.4. The number of benzene rings is 1. The van der Waals surface area contributed by atoms with E-state index < -0.39 is 0 Å². The number of ether oxygens (including phenoxy) is 1. The molecule has 1 aromatic carbocycles. The third-order valence-corrected chi connectivity index (χ3v) is 4.71. The Labute approximate surface area is 127 Å². The number of hydrogen-bond donors (Lipinski definition) is 0. The van der Waals surface area contributed by atoms with Gasteiger partial charge in [-0.2, -0.15) is 0 Å². The number of thiophene rings is 1. The number of hydrogen-bond acceptors (Lipinski definition) is 5. The van der Waals surface area contributed by atoms with Crippen LogP contribution in [0, 0.1) is 0 Å². The molecule has 1 atom stereocenters. The maximum Gasteiger partial charge on any atom is 0.140 e. The molecule has 0 spiro atoms. The predicted octanol–water partition coefficient (Wildman–Crippen LogP) is 3.27. The molecule has 0 N–H and O–H groups in total. The van der Waals surface area contributed by atoms with E-state index in [1.54, 1.807) is 17.7 Å². The van der Waals surface area contributed by atoms with Crippen molar-refractivity contribution in [3.8, 4) is 0 Å². The van der Waals surface area contributed by atoms with Crippen LogP contribution in [0.15, 0.2) is 48.1 Å². The van der Waals surface area contributed by atoms with Gasteiger partial charge in [0.05, 0.1) is 18.7 Å². The molecule has 5 heteroatoms. The van der Waals surface area contributed by atoms with E-state index in [-0.39, 0.29) is 6.10 Å². The van der Waals surface area contributed by atoms with E-state index in [4.69, 9.17) is 4.74 Å². The van der Waals surface area contributed by atoms with Crippen molar-refractivity contribution in [3.05, 3.63) is 53.0 Å². The van der Waals surface area contributed by atoms with Crippen LogP contribution in [0.2, 0.25) is 0 Å². The molecule has 4 rings (SSSR count). The Morgan fingerprint density at radius 2 is 2.10 bits per heavy atom. The first-order valence-electron chi connectivity index (χ1n) is 7.01. The Morgan fingerprint density at radius 3 is 3.00 bits per heavy atom. The van der Waals surface area contributed by atoms with E-state index in [1.165, 1.54) is 4.88 Å². The molecular weight excluding hydrogens is 282 g/mol. The van der Waals surface area contributed by atoms with Crippen LogP contribution >= 0.6 is 11.3 Å². The highest BCUT2D eigenvalue weighted by atomic mass is 32.1. The van der Waals surface area contributed by atoms with Crippen LogP contribution in [-0.2, 0) is 4.74 Å². The topological polar surface area (TPSA) is 38.2 Å². The largest absolute Gasteiger partial charge is 0.369 e. The summed E-state index contributed by atoms with van der Waals surface area (Å²) in [6.45, 7) is 2.42. The summed E-state index contributed by atoms with van der Waals surface area (Å²) in [5.74, 6) is 1.01. The summed E-state index contributed by atoms with van der Waals surface area (Å²) in [6.07, 6.45) is 1.78. The molecule has 1 aliphatic heterocycles. The summed E-state index contributed by atoms with van der Waals surface area (Å²) < 4.78 is 5.91. The minimum atomic E-state index is 0.132. The molecule has 1 aliphatic rings. The van der Waals surface area contributed by atoms with Gasteiger partial charge in [0.25, 0.3) is 0 Å². The van der Waals surface area contributed by atoms with E-state index in [9.17, 15) is 0 Å². The fourth-order valence-electron chi connectivity index (χ4n) is 2.73. The predicted molar refractivity (Wildman–Crippen MR) is 84.8 cm³/mol. The lowest BCUT2D eigenvalue weighted by molar-refractivity contribution is 0.0419. The van der Waals surface area contributed by atoms with E-state index in [0.29, 0.717) is 0 Å². The van der Waals surface area contributed by atoms with Gasteiger partial charge in [-0.3, -0.25) is 0 Å². The van der Waals surface area contributed by atoms with Gasteiger partial charge in [-0.15, -0.1) is 11.3 Å². The van der Waals surface area contributed by atoms with Gasteiger partial charge in [-0.1, -0.05) is 18.2 Å². The van der Waals surface area contributed by atoms with Crippen LogP contribution < -0.4 is 4.90 Å². The van der Waals surface area contributed by atoms with E-state index in [0.717, 1.165) is 36.4 Å². The fourth-order valence-corrected chi connectivity index (χ4v) is 3.50. The van der Waals surface area contributed by atoms with Crippen molar-refractivity contribution in [1.29, 1.82) is 0 Å². The van der Waals surface area contributed by atoms with Gasteiger partial charge in [-0.25, -0.2) is 9.97 Å². The Hall–Kier alpha value is -1.98. The lowest BCUT2D eigenvalue weighted by Crippen LogP contribution is -2.38. The van der Waals surface area contributed by atoms with Crippen molar-refractivity contribution < 1.29 is 4.74 Å². The zero-order chi connectivity index (χ0) is 14.1. The maximum atomic E-state index is 5.91. The highest BCUT2D eigenvalue weighted by Crippen LogP contribution is 2.30. The van der Waals surface area contributed by atoms with Crippen LogP contribution in [0.25, 0.3) is 10.9 Å². The Balaban J connectivity index is 1.68. The molecule has 3 aromatic rings. The molecule has 0 aliphatic carbocycles. The molecule has 0 bridgehead atoms. The minimum Gasteiger partial charge on any atom is -0.369 e. The molecule has 106 valence electrons. The van der Waals surface area contributed by atoms with Crippen LogP contribution in [0.4, 0.5) is 5.82 Å². The second-order valence-corrected chi connectivity index (χ2v) is 6.01. The number of fused-ring (bicyclic) bond motifs is 1. The van der Waals surface area contributed by atoms with Gasteiger partial charge in [0.15, 0.2) is 0 Å². The SMILES string of the molecule is c1csc(C2CN(c3ncnc4ccccc34)CCO2)c1.